The van der Waals surface area contributed by atoms with E-state index in [9.17, 15) is 4.79 Å². The molecule has 0 spiro atoms. The highest BCUT2D eigenvalue weighted by Gasteiger charge is 2.23. The van der Waals surface area contributed by atoms with Gasteiger partial charge in [0.25, 0.3) is 5.91 Å². The first-order valence-corrected chi connectivity index (χ1v) is 10.7. The number of hydrogen-bond acceptors (Lipinski definition) is 6. The van der Waals surface area contributed by atoms with Gasteiger partial charge in [0, 0.05) is 6.54 Å². The van der Waals surface area contributed by atoms with Crippen molar-refractivity contribution in [3.63, 3.8) is 0 Å². The van der Waals surface area contributed by atoms with Crippen molar-refractivity contribution in [2.75, 3.05) is 12.3 Å². The van der Waals surface area contributed by atoms with E-state index >= 15 is 0 Å². The van der Waals surface area contributed by atoms with Gasteiger partial charge in [-0.3, -0.25) is 4.79 Å². The van der Waals surface area contributed by atoms with Crippen LogP contribution in [0.25, 0.3) is 22.2 Å². The summed E-state index contributed by atoms with van der Waals surface area (Å²) in [5.41, 5.74) is 10.1. The molecule has 0 aliphatic heterocycles. The molecule has 0 saturated heterocycles. The maximum absolute atomic E-state index is 13.1. The summed E-state index contributed by atoms with van der Waals surface area (Å²) in [5.74, 6) is 0.419. The van der Waals surface area contributed by atoms with Gasteiger partial charge in [-0.25, -0.2) is 9.97 Å². The Morgan fingerprint density at radius 3 is 2.55 bits per heavy atom. The SMILES string of the molecule is Nc1c(C(=O)NCCCc2ccccc2)c2nc3ccccc3nc2n1N=Cc1ccco1. The topological polar surface area (TPSA) is 111 Å². The zero-order valence-electron chi connectivity index (χ0n) is 17.8. The van der Waals surface area contributed by atoms with Gasteiger partial charge in [0.05, 0.1) is 23.5 Å². The molecule has 33 heavy (non-hydrogen) atoms. The maximum Gasteiger partial charge on any atom is 0.257 e. The highest BCUT2D eigenvalue weighted by Crippen LogP contribution is 2.27. The van der Waals surface area contributed by atoms with E-state index in [1.165, 1.54) is 16.5 Å². The summed E-state index contributed by atoms with van der Waals surface area (Å²) < 4.78 is 6.74. The van der Waals surface area contributed by atoms with Gasteiger partial charge in [-0.15, -0.1) is 0 Å². The molecule has 0 radical (unpaired) electrons. The fourth-order valence-electron chi connectivity index (χ4n) is 3.70. The van der Waals surface area contributed by atoms with Crippen molar-refractivity contribution >= 4 is 40.1 Å². The van der Waals surface area contributed by atoms with Crippen molar-refractivity contribution in [1.29, 1.82) is 0 Å². The fourth-order valence-corrected chi connectivity index (χ4v) is 3.70. The number of anilines is 1. The second-order valence-electron chi connectivity index (χ2n) is 7.56. The molecule has 0 saturated carbocycles. The maximum atomic E-state index is 13.1. The van der Waals surface area contributed by atoms with E-state index in [2.05, 4.69) is 32.5 Å². The summed E-state index contributed by atoms with van der Waals surface area (Å²) in [5, 5.41) is 7.38. The number of fused-ring (bicyclic) bond motifs is 2. The number of benzene rings is 2. The molecular formula is C25H22N6O2. The molecule has 3 N–H and O–H groups in total. The van der Waals surface area contributed by atoms with Crippen molar-refractivity contribution in [2.24, 2.45) is 5.10 Å². The Morgan fingerprint density at radius 2 is 1.79 bits per heavy atom. The average molecular weight is 438 g/mol. The minimum atomic E-state index is -0.304. The number of carbonyl (C=O) groups excluding carboxylic acids is 1. The summed E-state index contributed by atoms with van der Waals surface area (Å²) in [4.78, 5) is 22.5. The molecule has 3 heterocycles. The number of nitrogens with one attached hydrogen (secondary N) is 1. The third-order valence-electron chi connectivity index (χ3n) is 5.32. The first-order valence-electron chi connectivity index (χ1n) is 10.7. The van der Waals surface area contributed by atoms with Crippen molar-refractivity contribution in [3.8, 4) is 0 Å². The molecule has 8 nitrogen and oxygen atoms in total. The van der Waals surface area contributed by atoms with E-state index in [1.54, 1.807) is 18.4 Å². The van der Waals surface area contributed by atoms with Gasteiger partial charge in [-0.05, 0) is 42.7 Å². The molecule has 0 fully saturated rings. The standard InChI is InChI=1S/C25H22N6O2/c26-23-21(25(32)27-14-6-10-17-8-2-1-3-9-17)22-24(30-20-13-5-4-12-19(20)29-22)31(23)28-16-18-11-7-15-33-18/h1-5,7-9,11-13,15-16H,6,10,14,26H2,(H,27,32). The van der Waals surface area contributed by atoms with Crippen LogP contribution in [-0.2, 0) is 6.42 Å². The van der Waals surface area contributed by atoms with Crippen LogP contribution in [0.2, 0.25) is 0 Å². The minimum absolute atomic E-state index is 0.170. The van der Waals surface area contributed by atoms with Crippen LogP contribution in [0.4, 0.5) is 5.82 Å². The number of aromatic nitrogens is 3. The van der Waals surface area contributed by atoms with Crippen LogP contribution >= 0.6 is 0 Å². The predicted molar refractivity (Wildman–Crippen MR) is 128 cm³/mol. The molecule has 0 unspecified atom stereocenters. The Morgan fingerprint density at radius 1 is 1.03 bits per heavy atom. The second-order valence-corrected chi connectivity index (χ2v) is 7.56. The lowest BCUT2D eigenvalue weighted by Crippen LogP contribution is -2.25. The molecule has 0 atom stereocenters. The van der Waals surface area contributed by atoms with E-state index < -0.39 is 0 Å². The third kappa shape index (κ3) is 4.18. The van der Waals surface area contributed by atoms with Gasteiger partial charge in [0.1, 0.15) is 22.7 Å². The summed E-state index contributed by atoms with van der Waals surface area (Å²) in [7, 11) is 0. The number of para-hydroxylation sites is 2. The van der Waals surface area contributed by atoms with Crippen LogP contribution in [0.5, 0.6) is 0 Å². The number of furan rings is 1. The summed E-state index contributed by atoms with van der Waals surface area (Å²) >= 11 is 0. The first-order chi connectivity index (χ1) is 16.2. The predicted octanol–water partition coefficient (Wildman–Crippen LogP) is 4.00. The lowest BCUT2D eigenvalue weighted by atomic mass is 10.1. The highest BCUT2D eigenvalue weighted by atomic mass is 16.3. The van der Waals surface area contributed by atoms with E-state index in [-0.39, 0.29) is 17.3 Å². The van der Waals surface area contributed by atoms with Crippen molar-refractivity contribution in [2.45, 2.75) is 12.8 Å². The normalized spacial score (nSPS) is 11.5. The van der Waals surface area contributed by atoms with E-state index in [0.29, 0.717) is 34.5 Å². The Labute approximate surface area is 189 Å². The zero-order chi connectivity index (χ0) is 22.6. The molecule has 164 valence electrons. The molecule has 0 aliphatic rings. The number of amides is 1. The molecule has 5 aromatic rings. The monoisotopic (exact) mass is 438 g/mol. The molecular weight excluding hydrogens is 416 g/mol. The molecule has 5 rings (SSSR count). The smallest absolute Gasteiger partial charge is 0.257 e. The van der Waals surface area contributed by atoms with Crippen LogP contribution in [0.3, 0.4) is 0 Å². The van der Waals surface area contributed by atoms with Gasteiger partial charge in [-0.2, -0.15) is 9.78 Å². The van der Waals surface area contributed by atoms with Crippen molar-refractivity contribution in [3.05, 3.63) is 89.9 Å². The van der Waals surface area contributed by atoms with E-state index in [0.717, 1.165) is 12.8 Å². The average Bonchev–Trinajstić information content (AvgIpc) is 3.45. The summed E-state index contributed by atoms with van der Waals surface area (Å²) in [6, 6.07) is 21.2. The molecule has 3 aromatic heterocycles. The number of nitrogen functional groups attached to an aromatic ring is 1. The Kier molecular flexibility index (Phi) is 5.55. The molecule has 1 amide bonds. The number of hydrogen-bond donors (Lipinski definition) is 2. The third-order valence-corrected chi connectivity index (χ3v) is 5.32. The summed E-state index contributed by atoms with van der Waals surface area (Å²) in [6.45, 7) is 0.510. The van der Waals surface area contributed by atoms with Crippen LogP contribution in [0.15, 0.2) is 82.5 Å². The van der Waals surface area contributed by atoms with Gasteiger partial charge in [-0.1, -0.05) is 42.5 Å². The number of aryl methyl sites for hydroxylation is 1. The Hall–Kier alpha value is -4.46. The molecule has 0 bridgehead atoms. The first kappa shape index (κ1) is 20.4. The number of nitrogens with zero attached hydrogens (tertiary/aromatic N) is 4. The lowest BCUT2D eigenvalue weighted by Gasteiger charge is -2.06. The molecule has 2 aromatic carbocycles. The van der Waals surface area contributed by atoms with Gasteiger partial charge in [0.15, 0.2) is 5.65 Å². The second kappa shape index (κ2) is 8.96. The van der Waals surface area contributed by atoms with Crippen molar-refractivity contribution < 1.29 is 9.21 Å². The minimum Gasteiger partial charge on any atom is -0.463 e. The lowest BCUT2D eigenvalue weighted by molar-refractivity contribution is 0.0955. The Bertz CT molecular complexity index is 1440. The van der Waals surface area contributed by atoms with Crippen LogP contribution < -0.4 is 11.1 Å². The van der Waals surface area contributed by atoms with Crippen LogP contribution in [-0.4, -0.2) is 33.3 Å². The molecule has 8 heteroatoms. The fraction of sp³-hybridized carbons (Fsp3) is 0.120. The largest absolute Gasteiger partial charge is 0.463 e. The number of carbonyl (C=O) groups is 1. The van der Waals surface area contributed by atoms with E-state index in [4.69, 9.17) is 10.2 Å². The van der Waals surface area contributed by atoms with Crippen LogP contribution in [0.1, 0.15) is 28.1 Å². The number of rotatable bonds is 7. The quantitative estimate of drug-likeness (QED) is 0.295. The number of nitrogens with two attached hydrogens (primary N) is 1. The van der Waals surface area contributed by atoms with Crippen molar-refractivity contribution in [1.82, 2.24) is 20.0 Å². The highest BCUT2D eigenvalue weighted by molar-refractivity contribution is 6.10. The van der Waals surface area contributed by atoms with Gasteiger partial charge >= 0.3 is 0 Å². The van der Waals surface area contributed by atoms with Crippen LogP contribution in [0, 0.1) is 0 Å². The zero-order valence-corrected chi connectivity index (χ0v) is 17.8. The van der Waals surface area contributed by atoms with Gasteiger partial charge < -0.3 is 15.5 Å². The Balaban J connectivity index is 1.47. The van der Waals surface area contributed by atoms with E-state index in [1.807, 2.05) is 42.5 Å². The van der Waals surface area contributed by atoms with Gasteiger partial charge in [0.2, 0.25) is 0 Å². The molecule has 0 aliphatic carbocycles. The summed E-state index contributed by atoms with van der Waals surface area (Å²) in [6.07, 6.45) is 4.75.